The highest BCUT2D eigenvalue weighted by atomic mass is 15.2. The summed E-state index contributed by atoms with van der Waals surface area (Å²) in [6.45, 7) is 3.53. The lowest BCUT2D eigenvalue weighted by Crippen LogP contribution is -2.31. The molecule has 1 heterocycles. The molecule has 0 aromatic heterocycles. The molecule has 1 aliphatic heterocycles. The molecule has 0 spiro atoms. The van der Waals surface area contributed by atoms with Crippen molar-refractivity contribution in [3.63, 3.8) is 0 Å². The summed E-state index contributed by atoms with van der Waals surface area (Å²) in [5, 5.41) is 3.40. The SMILES string of the molecule is CN1CCCCCCNC1. The summed E-state index contributed by atoms with van der Waals surface area (Å²) in [6.07, 6.45) is 5.54. The zero-order valence-corrected chi connectivity index (χ0v) is 6.90. The van der Waals surface area contributed by atoms with Gasteiger partial charge in [0.15, 0.2) is 0 Å². The van der Waals surface area contributed by atoms with Gasteiger partial charge in [0, 0.05) is 6.67 Å². The van der Waals surface area contributed by atoms with Crippen LogP contribution in [-0.4, -0.2) is 31.7 Å². The first-order valence-corrected chi connectivity index (χ1v) is 4.29. The van der Waals surface area contributed by atoms with E-state index in [1.165, 1.54) is 38.8 Å². The van der Waals surface area contributed by atoms with Gasteiger partial charge in [-0.2, -0.15) is 0 Å². The van der Waals surface area contributed by atoms with Crippen LogP contribution in [0.1, 0.15) is 25.7 Å². The first kappa shape index (κ1) is 8.02. The summed E-state index contributed by atoms with van der Waals surface area (Å²) in [5.74, 6) is 0. The van der Waals surface area contributed by atoms with E-state index in [-0.39, 0.29) is 0 Å². The zero-order chi connectivity index (χ0) is 7.23. The van der Waals surface area contributed by atoms with Crippen molar-refractivity contribution in [2.45, 2.75) is 25.7 Å². The highest BCUT2D eigenvalue weighted by molar-refractivity contribution is 4.55. The zero-order valence-electron chi connectivity index (χ0n) is 6.90. The van der Waals surface area contributed by atoms with E-state index in [1.807, 2.05) is 0 Å². The maximum Gasteiger partial charge on any atom is 0.0477 e. The van der Waals surface area contributed by atoms with Crippen LogP contribution in [0.4, 0.5) is 0 Å². The van der Waals surface area contributed by atoms with Crippen molar-refractivity contribution in [3.05, 3.63) is 0 Å². The third-order valence-corrected chi connectivity index (χ3v) is 2.03. The molecule has 2 heteroatoms. The van der Waals surface area contributed by atoms with Gasteiger partial charge in [-0.1, -0.05) is 12.8 Å². The number of nitrogens with zero attached hydrogens (tertiary/aromatic N) is 1. The predicted molar refractivity (Wildman–Crippen MR) is 44.0 cm³/mol. The highest BCUT2D eigenvalue weighted by Crippen LogP contribution is 2.01. The summed E-state index contributed by atoms with van der Waals surface area (Å²) < 4.78 is 0. The fourth-order valence-electron chi connectivity index (χ4n) is 1.33. The molecule has 0 bridgehead atoms. The van der Waals surface area contributed by atoms with Gasteiger partial charge in [-0.3, -0.25) is 4.90 Å². The molecular formula is C8H18N2. The normalized spacial score (nSPS) is 24.9. The molecule has 10 heavy (non-hydrogen) atoms. The van der Waals surface area contributed by atoms with Crippen LogP contribution in [0, 0.1) is 0 Å². The van der Waals surface area contributed by atoms with Crippen molar-refractivity contribution in [2.75, 3.05) is 26.8 Å². The van der Waals surface area contributed by atoms with Crippen molar-refractivity contribution in [2.24, 2.45) is 0 Å². The molecular weight excluding hydrogens is 124 g/mol. The van der Waals surface area contributed by atoms with E-state index in [4.69, 9.17) is 0 Å². The molecule has 0 atom stereocenters. The number of hydrogen-bond donors (Lipinski definition) is 1. The molecule has 1 N–H and O–H groups in total. The molecule has 0 radical (unpaired) electrons. The quantitative estimate of drug-likeness (QED) is 0.543. The van der Waals surface area contributed by atoms with E-state index in [9.17, 15) is 0 Å². The topological polar surface area (TPSA) is 15.3 Å². The van der Waals surface area contributed by atoms with Crippen molar-refractivity contribution >= 4 is 0 Å². The van der Waals surface area contributed by atoms with Gasteiger partial charge < -0.3 is 5.32 Å². The largest absolute Gasteiger partial charge is 0.304 e. The molecule has 1 rings (SSSR count). The number of rotatable bonds is 0. The molecule has 1 aliphatic rings. The summed E-state index contributed by atoms with van der Waals surface area (Å²) in [6, 6.07) is 0. The summed E-state index contributed by atoms with van der Waals surface area (Å²) >= 11 is 0. The highest BCUT2D eigenvalue weighted by Gasteiger charge is 1.99. The fraction of sp³-hybridized carbons (Fsp3) is 1.00. The van der Waals surface area contributed by atoms with Crippen LogP contribution in [-0.2, 0) is 0 Å². The van der Waals surface area contributed by atoms with E-state index in [2.05, 4.69) is 17.3 Å². The Morgan fingerprint density at radius 2 is 1.90 bits per heavy atom. The van der Waals surface area contributed by atoms with Crippen molar-refractivity contribution in [1.29, 1.82) is 0 Å². The average Bonchev–Trinajstić information content (AvgIpc) is 2.02. The van der Waals surface area contributed by atoms with Crippen LogP contribution < -0.4 is 5.32 Å². The minimum atomic E-state index is 1.07. The van der Waals surface area contributed by atoms with Crippen LogP contribution in [0.2, 0.25) is 0 Å². The van der Waals surface area contributed by atoms with Crippen LogP contribution in [0.25, 0.3) is 0 Å². The third kappa shape index (κ3) is 3.18. The second-order valence-electron chi connectivity index (χ2n) is 3.15. The molecule has 60 valence electrons. The smallest absolute Gasteiger partial charge is 0.0477 e. The van der Waals surface area contributed by atoms with Gasteiger partial charge in [-0.15, -0.1) is 0 Å². The van der Waals surface area contributed by atoms with E-state index in [0.717, 1.165) is 6.67 Å². The van der Waals surface area contributed by atoms with Crippen LogP contribution in [0.15, 0.2) is 0 Å². The predicted octanol–water partition coefficient (Wildman–Crippen LogP) is 1.04. The Balaban J connectivity index is 2.15. The Kier molecular flexibility index (Phi) is 3.76. The minimum Gasteiger partial charge on any atom is -0.304 e. The van der Waals surface area contributed by atoms with Crippen molar-refractivity contribution in [3.8, 4) is 0 Å². The fourth-order valence-corrected chi connectivity index (χ4v) is 1.33. The van der Waals surface area contributed by atoms with Gasteiger partial charge in [0.05, 0.1) is 0 Å². The maximum atomic E-state index is 3.40. The van der Waals surface area contributed by atoms with E-state index < -0.39 is 0 Å². The van der Waals surface area contributed by atoms with Gasteiger partial charge in [-0.05, 0) is 33.0 Å². The van der Waals surface area contributed by atoms with Gasteiger partial charge in [0.25, 0.3) is 0 Å². The summed E-state index contributed by atoms with van der Waals surface area (Å²) in [4.78, 5) is 2.35. The van der Waals surface area contributed by atoms with Gasteiger partial charge >= 0.3 is 0 Å². The Bertz CT molecular complexity index is 73.3. The molecule has 1 saturated heterocycles. The summed E-state index contributed by atoms with van der Waals surface area (Å²) in [7, 11) is 2.18. The second kappa shape index (κ2) is 4.69. The Morgan fingerprint density at radius 1 is 1.10 bits per heavy atom. The number of hydrogen-bond acceptors (Lipinski definition) is 2. The Labute approximate surface area is 63.6 Å². The maximum absolute atomic E-state index is 3.40. The third-order valence-electron chi connectivity index (χ3n) is 2.03. The van der Waals surface area contributed by atoms with Crippen molar-refractivity contribution < 1.29 is 0 Å². The van der Waals surface area contributed by atoms with E-state index in [0.29, 0.717) is 0 Å². The van der Waals surface area contributed by atoms with Gasteiger partial charge in [0.2, 0.25) is 0 Å². The molecule has 0 aromatic carbocycles. The van der Waals surface area contributed by atoms with Gasteiger partial charge in [-0.25, -0.2) is 0 Å². The van der Waals surface area contributed by atoms with Gasteiger partial charge in [0.1, 0.15) is 0 Å². The standard InChI is InChI=1S/C8H18N2/c1-10-7-5-3-2-4-6-9-8-10/h9H,2-8H2,1H3. The lowest BCUT2D eigenvalue weighted by molar-refractivity contribution is 0.309. The molecule has 0 unspecified atom stereocenters. The average molecular weight is 142 g/mol. The monoisotopic (exact) mass is 142 g/mol. The lowest BCUT2D eigenvalue weighted by Gasteiger charge is -2.14. The van der Waals surface area contributed by atoms with E-state index >= 15 is 0 Å². The summed E-state index contributed by atoms with van der Waals surface area (Å²) in [5.41, 5.74) is 0. The molecule has 0 aliphatic carbocycles. The molecule has 0 amide bonds. The first-order valence-electron chi connectivity index (χ1n) is 4.29. The number of nitrogens with one attached hydrogen (secondary N) is 1. The molecule has 2 nitrogen and oxygen atoms in total. The van der Waals surface area contributed by atoms with Crippen LogP contribution >= 0.6 is 0 Å². The molecule has 0 saturated carbocycles. The minimum absolute atomic E-state index is 1.07. The Hall–Kier alpha value is -0.0800. The van der Waals surface area contributed by atoms with E-state index in [1.54, 1.807) is 0 Å². The second-order valence-corrected chi connectivity index (χ2v) is 3.15. The first-order chi connectivity index (χ1) is 4.89. The van der Waals surface area contributed by atoms with Crippen LogP contribution in [0.3, 0.4) is 0 Å². The molecule has 1 fully saturated rings. The lowest BCUT2D eigenvalue weighted by atomic mass is 10.2. The molecule has 0 aromatic rings. The van der Waals surface area contributed by atoms with Crippen LogP contribution in [0.5, 0.6) is 0 Å². The Morgan fingerprint density at radius 3 is 2.80 bits per heavy atom. The van der Waals surface area contributed by atoms with Crippen molar-refractivity contribution in [1.82, 2.24) is 10.2 Å².